The van der Waals surface area contributed by atoms with Crippen LogP contribution in [0.25, 0.3) is 33.3 Å². The fraction of sp³-hybridized carbons (Fsp3) is 0.200. The number of ether oxygens (including phenoxy) is 1. The molecule has 0 aliphatic carbocycles. The maximum Gasteiger partial charge on any atom is 0.374 e. The molecule has 0 aliphatic heterocycles. The van der Waals surface area contributed by atoms with Crippen molar-refractivity contribution < 1.29 is 9.53 Å². The van der Waals surface area contributed by atoms with Crippen LogP contribution in [0, 0.1) is 0 Å². The summed E-state index contributed by atoms with van der Waals surface area (Å²) in [4.78, 5) is 19.4. The fourth-order valence-electron chi connectivity index (χ4n) is 3.57. The third-order valence-electron chi connectivity index (χ3n) is 5.35. The monoisotopic (exact) mass is 384 g/mol. The van der Waals surface area contributed by atoms with Gasteiger partial charge in [0.25, 0.3) is 0 Å². The molecule has 0 saturated carbocycles. The second-order valence-electron chi connectivity index (χ2n) is 7.09. The van der Waals surface area contributed by atoms with Gasteiger partial charge >= 0.3 is 5.97 Å². The van der Waals surface area contributed by atoms with E-state index in [2.05, 4.69) is 78.4 Å². The summed E-state index contributed by atoms with van der Waals surface area (Å²) in [5.41, 5.74) is 8.61. The SMILES string of the molecule is CCc1ccc(-c2cc3nc(C(=O)OC)[nH]c3cc2-c2ccc(CC)cc2)cc1. The van der Waals surface area contributed by atoms with Gasteiger partial charge < -0.3 is 9.72 Å². The molecule has 1 N–H and O–H groups in total. The Morgan fingerprint density at radius 1 is 0.862 bits per heavy atom. The molecule has 4 nitrogen and oxygen atoms in total. The number of carbonyl (C=O) groups is 1. The Bertz CT molecular complexity index is 1070. The number of H-pyrrole nitrogens is 1. The molecule has 0 aliphatic rings. The van der Waals surface area contributed by atoms with Gasteiger partial charge in [-0.1, -0.05) is 62.4 Å². The molecule has 1 aromatic heterocycles. The molecule has 4 aromatic rings. The summed E-state index contributed by atoms with van der Waals surface area (Å²) in [5, 5.41) is 0. The molecule has 0 amide bonds. The number of aromatic amines is 1. The molecule has 0 radical (unpaired) electrons. The normalized spacial score (nSPS) is 11.0. The molecule has 0 saturated heterocycles. The first kappa shape index (κ1) is 18.9. The number of rotatable bonds is 5. The Kier molecular flexibility index (Phi) is 5.17. The lowest BCUT2D eigenvalue weighted by molar-refractivity contribution is 0.0588. The van der Waals surface area contributed by atoms with Gasteiger partial charge in [0.05, 0.1) is 18.1 Å². The number of nitrogens with one attached hydrogen (secondary N) is 1. The van der Waals surface area contributed by atoms with Gasteiger partial charge in [-0.3, -0.25) is 0 Å². The highest BCUT2D eigenvalue weighted by Crippen LogP contribution is 2.35. The zero-order valence-electron chi connectivity index (χ0n) is 17.0. The molecular formula is C25H24N2O2. The Balaban J connectivity index is 1.92. The number of hydrogen-bond acceptors (Lipinski definition) is 3. The zero-order valence-corrected chi connectivity index (χ0v) is 17.0. The molecule has 0 bridgehead atoms. The van der Waals surface area contributed by atoms with Crippen LogP contribution in [-0.2, 0) is 17.6 Å². The lowest BCUT2D eigenvalue weighted by Crippen LogP contribution is -2.02. The number of aromatic nitrogens is 2. The van der Waals surface area contributed by atoms with Crippen LogP contribution in [0.4, 0.5) is 0 Å². The summed E-state index contributed by atoms with van der Waals surface area (Å²) in [6, 6.07) is 21.4. The first-order chi connectivity index (χ1) is 14.1. The number of nitrogens with zero attached hydrogens (tertiary/aromatic N) is 1. The number of hydrogen-bond donors (Lipinski definition) is 1. The van der Waals surface area contributed by atoms with Crippen molar-refractivity contribution in [1.29, 1.82) is 0 Å². The Hall–Kier alpha value is -3.40. The number of aryl methyl sites for hydroxylation is 2. The van der Waals surface area contributed by atoms with Crippen molar-refractivity contribution in [3.63, 3.8) is 0 Å². The van der Waals surface area contributed by atoms with E-state index in [9.17, 15) is 4.79 Å². The van der Waals surface area contributed by atoms with E-state index in [1.807, 2.05) is 6.07 Å². The quantitative estimate of drug-likeness (QED) is 0.442. The van der Waals surface area contributed by atoms with Crippen LogP contribution in [0.15, 0.2) is 60.7 Å². The van der Waals surface area contributed by atoms with E-state index in [1.54, 1.807) is 0 Å². The molecular weight excluding hydrogens is 360 g/mol. The zero-order chi connectivity index (χ0) is 20.4. The van der Waals surface area contributed by atoms with Gasteiger partial charge in [0, 0.05) is 0 Å². The maximum atomic E-state index is 11.9. The number of imidazole rings is 1. The Labute approximate surface area is 170 Å². The van der Waals surface area contributed by atoms with Gasteiger partial charge in [-0.2, -0.15) is 0 Å². The fourth-order valence-corrected chi connectivity index (χ4v) is 3.57. The third kappa shape index (κ3) is 3.66. The molecule has 146 valence electrons. The standard InChI is InChI=1S/C25H24N2O2/c1-4-16-6-10-18(11-7-16)20-14-22-23(27-24(26-22)25(28)29-3)15-21(20)19-12-8-17(5-2)9-13-19/h6-15H,4-5H2,1-3H3,(H,26,27). The maximum absolute atomic E-state index is 11.9. The van der Waals surface area contributed by atoms with Gasteiger partial charge in [-0.15, -0.1) is 0 Å². The summed E-state index contributed by atoms with van der Waals surface area (Å²) in [5.74, 6) is -0.253. The smallest absolute Gasteiger partial charge is 0.374 e. The van der Waals surface area contributed by atoms with Crippen LogP contribution < -0.4 is 0 Å². The largest absolute Gasteiger partial charge is 0.463 e. The molecule has 3 aromatic carbocycles. The second-order valence-corrected chi connectivity index (χ2v) is 7.09. The molecule has 1 heterocycles. The Morgan fingerprint density at radius 2 is 1.38 bits per heavy atom. The van der Waals surface area contributed by atoms with Crippen molar-refractivity contribution in [3.8, 4) is 22.3 Å². The number of benzene rings is 3. The van der Waals surface area contributed by atoms with Crippen LogP contribution in [0.5, 0.6) is 0 Å². The van der Waals surface area contributed by atoms with Crippen molar-refractivity contribution >= 4 is 17.0 Å². The Morgan fingerprint density at radius 3 is 1.86 bits per heavy atom. The van der Waals surface area contributed by atoms with Gasteiger partial charge in [-0.05, 0) is 58.4 Å². The number of fused-ring (bicyclic) bond motifs is 1. The van der Waals surface area contributed by atoms with Crippen LogP contribution in [0.2, 0.25) is 0 Å². The van der Waals surface area contributed by atoms with E-state index in [-0.39, 0.29) is 5.82 Å². The predicted molar refractivity (Wildman–Crippen MR) is 117 cm³/mol. The average Bonchev–Trinajstić information content (AvgIpc) is 3.21. The summed E-state index contributed by atoms with van der Waals surface area (Å²) in [6.07, 6.45) is 2.01. The first-order valence-corrected chi connectivity index (χ1v) is 9.93. The summed E-state index contributed by atoms with van der Waals surface area (Å²) in [6.45, 7) is 4.31. The van der Waals surface area contributed by atoms with Crippen molar-refractivity contribution in [3.05, 3.63) is 77.6 Å². The topological polar surface area (TPSA) is 55.0 Å². The van der Waals surface area contributed by atoms with Gasteiger partial charge in [0.15, 0.2) is 0 Å². The molecule has 0 unspecified atom stereocenters. The molecule has 0 spiro atoms. The number of esters is 1. The van der Waals surface area contributed by atoms with Crippen LogP contribution in [0.1, 0.15) is 35.6 Å². The first-order valence-electron chi connectivity index (χ1n) is 9.93. The minimum absolute atomic E-state index is 0.216. The van der Waals surface area contributed by atoms with Crippen molar-refractivity contribution in [2.24, 2.45) is 0 Å². The minimum Gasteiger partial charge on any atom is -0.463 e. The number of carbonyl (C=O) groups excluding carboxylic acids is 1. The van der Waals surface area contributed by atoms with Crippen LogP contribution in [0.3, 0.4) is 0 Å². The predicted octanol–water partition coefficient (Wildman–Crippen LogP) is 5.81. The average molecular weight is 384 g/mol. The third-order valence-corrected chi connectivity index (χ3v) is 5.35. The summed E-state index contributed by atoms with van der Waals surface area (Å²) < 4.78 is 4.81. The summed E-state index contributed by atoms with van der Waals surface area (Å²) >= 11 is 0. The van der Waals surface area contributed by atoms with E-state index in [0.717, 1.165) is 46.1 Å². The van der Waals surface area contributed by atoms with Gasteiger partial charge in [0.1, 0.15) is 0 Å². The lowest BCUT2D eigenvalue weighted by Gasteiger charge is -2.12. The van der Waals surface area contributed by atoms with Crippen LogP contribution >= 0.6 is 0 Å². The molecule has 4 rings (SSSR count). The number of methoxy groups -OCH3 is 1. The second kappa shape index (κ2) is 7.92. The molecule has 4 heteroatoms. The lowest BCUT2D eigenvalue weighted by atomic mass is 9.92. The van der Waals surface area contributed by atoms with E-state index in [4.69, 9.17) is 4.74 Å². The minimum atomic E-state index is -0.469. The van der Waals surface area contributed by atoms with Gasteiger partial charge in [-0.25, -0.2) is 9.78 Å². The van der Waals surface area contributed by atoms with E-state index >= 15 is 0 Å². The van der Waals surface area contributed by atoms with Crippen LogP contribution in [-0.4, -0.2) is 23.0 Å². The summed E-state index contributed by atoms with van der Waals surface area (Å²) in [7, 11) is 1.36. The van der Waals surface area contributed by atoms with Crippen molar-refractivity contribution in [2.75, 3.05) is 7.11 Å². The van der Waals surface area contributed by atoms with E-state index in [1.165, 1.54) is 18.2 Å². The highest BCUT2D eigenvalue weighted by Gasteiger charge is 2.16. The van der Waals surface area contributed by atoms with Crippen molar-refractivity contribution in [2.45, 2.75) is 26.7 Å². The van der Waals surface area contributed by atoms with Crippen molar-refractivity contribution in [1.82, 2.24) is 9.97 Å². The highest BCUT2D eigenvalue weighted by molar-refractivity contribution is 5.96. The van der Waals surface area contributed by atoms with E-state index < -0.39 is 5.97 Å². The highest BCUT2D eigenvalue weighted by atomic mass is 16.5. The molecule has 0 atom stereocenters. The molecule has 29 heavy (non-hydrogen) atoms. The molecule has 0 fully saturated rings. The van der Waals surface area contributed by atoms with E-state index in [0.29, 0.717) is 0 Å². The van der Waals surface area contributed by atoms with Gasteiger partial charge in [0.2, 0.25) is 5.82 Å².